The average Bonchev–Trinajstić information content (AvgIpc) is 3.49. The van der Waals surface area contributed by atoms with Crippen molar-refractivity contribution in [3.8, 4) is 23.0 Å². The van der Waals surface area contributed by atoms with Crippen molar-refractivity contribution < 1.29 is 18.1 Å². The topological polar surface area (TPSA) is 101 Å². The van der Waals surface area contributed by atoms with E-state index in [0.29, 0.717) is 40.8 Å². The lowest BCUT2D eigenvalue weighted by Gasteiger charge is -2.16. The molecule has 1 atom stereocenters. The lowest BCUT2D eigenvalue weighted by atomic mass is 10.1. The number of aryl methyl sites for hydroxylation is 1. The molecule has 1 saturated heterocycles. The molecule has 4 aromatic rings. The molecule has 1 unspecified atom stereocenters. The van der Waals surface area contributed by atoms with Crippen LogP contribution in [0.1, 0.15) is 23.7 Å². The van der Waals surface area contributed by atoms with Crippen LogP contribution >= 0.6 is 0 Å². The highest BCUT2D eigenvalue weighted by Crippen LogP contribution is 2.32. The fourth-order valence-corrected chi connectivity index (χ4v) is 3.42. The van der Waals surface area contributed by atoms with Crippen LogP contribution in [-0.2, 0) is 4.79 Å². The third-order valence-electron chi connectivity index (χ3n) is 4.97. The van der Waals surface area contributed by atoms with Gasteiger partial charge in [-0.3, -0.25) is 9.89 Å². The molecule has 9 heteroatoms. The monoisotopic (exact) mass is 393 g/mol. The van der Waals surface area contributed by atoms with Crippen molar-refractivity contribution in [2.24, 2.45) is 0 Å². The van der Waals surface area contributed by atoms with Crippen LogP contribution in [0.3, 0.4) is 0 Å². The molecule has 0 spiro atoms. The van der Waals surface area contributed by atoms with Crippen molar-refractivity contribution >= 4 is 11.6 Å². The third-order valence-corrected chi connectivity index (χ3v) is 4.97. The quantitative estimate of drug-likeness (QED) is 0.567. The van der Waals surface area contributed by atoms with Crippen molar-refractivity contribution in [2.45, 2.75) is 19.3 Å². The summed E-state index contributed by atoms with van der Waals surface area (Å²) in [6.45, 7) is 2.08. The summed E-state index contributed by atoms with van der Waals surface area (Å²) in [5.41, 5.74) is 2.34. The second kappa shape index (κ2) is 6.69. The molecule has 1 amide bonds. The highest BCUT2D eigenvalue weighted by molar-refractivity contribution is 5.96. The Kier molecular flexibility index (Phi) is 4.01. The molecule has 0 radical (unpaired) electrons. The SMILES string of the molecule is Cc1cc(N2CC(c3noc(-c4cc(-c5ccco5)n[nH]4)n3)CC2=O)ccc1F. The van der Waals surface area contributed by atoms with Crippen molar-refractivity contribution in [3.63, 3.8) is 0 Å². The number of H-pyrrole nitrogens is 1. The molecule has 146 valence electrons. The van der Waals surface area contributed by atoms with Crippen LogP contribution in [0.15, 0.2) is 51.6 Å². The Labute approximate surface area is 164 Å². The standard InChI is InChI=1S/C20H16FN5O3/c1-11-7-13(4-5-14(11)21)26-10-12(8-18(26)27)19-22-20(29-25-19)16-9-15(23-24-16)17-3-2-6-28-17/h2-7,9,12H,8,10H2,1H3,(H,23,24). The normalized spacial score (nSPS) is 16.7. The van der Waals surface area contributed by atoms with E-state index in [1.54, 1.807) is 48.4 Å². The smallest absolute Gasteiger partial charge is 0.275 e. The number of carbonyl (C=O) groups is 1. The summed E-state index contributed by atoms with van der Waals surface area (Å²) in [5.74, 6) is 0.789. The molecule has 0 aliphatic carbocycles. The number of aromatic amines is 1. The van der Waals surface area contributed by atoms with Gasteiger partial charge in [0, 0.05) is 30.6 Å². The van der Waals surface area contributed by atoms with Gasteiger partial charge < -0.3 is 13.8 Å². The minimum absolute atomic E-state index is 0.0611. The van der Waals surface area contributed by atoms with Gasteiger partial charge >= 0.3 is 0 Å². The van der Waals surface area contributed by atoms with Gasteiger partial charge in [-0.2, -0.15) is 10.1 Å². The first-order valence-corrected chi connectivity index (χ1v) is 9.08. The van der Waals surface area contributed by atoms with Crippen molar-refractivity contribution in [1.29, 1.82) is 0 Å². The number of amides is 1. The number of halogens is 1. The Morgan fingerprint density at radius 3 is 2.97 bits per heavy atom. The van der Waals surface area contributed by atoms with Gasteiger partial charge in [-0.25, -0.2) is 4.39 Å². The average molecular weight is 393 g/mol. The summed E-state index contributed by atoms with van der Waals surface area (Å²) in [6.07, 6.45) is 1.83. The van der Waals surface area contributed by atoms with E-state index in [2.05, 4.69) is 20.3 Å². The molecular formula is C20H16FN5O3. The van der Waals surface area contributed by atoms with E-state index in [-0.39, 0.29) is 30.0 Å². The van der Waals surface area contributed by atoms with Gasteiger partial charge in [-0.15, -0.1) is 0 Å². The molecule has 1 aromatic carbocycles. The lowest BCUT2D eigenvalue weighted by molar-refractivity contribution is -0.117. The highest BCUT2D eigenvalue weighted by atomic mass is 19.1. The van der Waals surface area contributed by atoms with Crippen molar-refractivity contribution in [2.75, 3.05) is 11.4 Å². The van der Waals surface area contributed by atoms with Gasteiger partial charge in [-0.1, -0.05) is 5.16 Å². The van der Waals surface area contributed by atoms with Crippen LogP contribution in [0.25, 0.3) is 23.0 Å². The van der Waals surface area contributed by atoms with Gasteiger partial charge in [0.25, 0.3) is 5.89 Å². The Morgan fingerprint density at radius 2 is 2.17 bits per heavy atom. The molecule has 4 heterocycles. The van der Waals surface area contributed by atoms with Crippen molar-refractivity contribution in [1.82, 2.24) is 20.3 Å². The predicted molar refractivity (Wildman–Crippen MR) is 100 cm³/mol. The van der Waals surface area contributed by atoms with E-state index in [9.17, 15) is 9.18 Å². The summed E-state index contributed by atoms with van der Waals surface area (Å²) in [7, 11) is 0. The second-order valence-electron chi connectivity index (χ2n) is 6.94. The Morgan fingerprint density at radius 1 is 1.28 bits per heavy atom. The molecule has 3 aromatic heterocycles. The number of anilines is 1. The maximum Gasteiger partial charge on any atom is 0.275 e. The summed E-state index contributed by atoms with van der Waals surface area (Å²) in [5, 5.41) is 11.1. The van der Waals surface area contributed by atoms with E-state index in [1.807, 2.05) is 0 Å². The number of aromatic nitrogens is 4. The van der Waals surface area contributed by atoms with Crippen LogP contribution in [0, 0.1) is 12.7 Å². The highest BCUT2D eigenvalue weighted by Gasteiger charge is 2.35. The van der Waals surface area contributed by atoms with Crippen LogP contribution in [0.2, 0.25) is 0 Å². The molecule has 0 bridgehead atoms. The molecule has 1 aliphatic heterocycles. The Balaban J connectivity index is 1.36. The van der Waals surface area contributed by atoms with Gasteiger partial charge in [0.15, 0.2) is 11.6 Å². The Bertz CT molecular complexity index is 1180. The molecule has 1 fully saturated rings. The number of carbonyl (C=O) groups excluding carboxylic acids is 1. The molecule has 8 nitrogen and oxygen atoms in total. The number of hydrogen-bond acceptors (Lipinski definition) is 6. The molecule has 0 saturated carbocycles. The van der Waals surface area contributed by atoms with E-state index in [0.717, 1.165) is 0 Å². The Hall–Kier alpha value is -3.75. The fourth-order valence-electron chi connectivity index (χ4n) is 3.42. The first-order valence-electron chi connectivity index (χ1n) is 9.08. The molecular weight excluding hydrogens is 377 g/mol. The van der Waals surface area contributed by atoms with Crippen molar-refractivity contribution in [3.05, 3.63) is 59.9 Å². The van der Waals surface area contributed by atoms with E-state index >= 15 is 0 Å². The molecule has 1 aliphatic rings. The van der Waals surface area contributed by atoms with Crippen LogP contribution in [-0.4, -0.2) is 32.8 Å². The largest absolute Gasteiger partial charge is 0.463 e. The minimum Gasteiger partial charge on any atom is -0.463 e. The summed E-state index contributed by atoms with van der Waals surface area (Å²) in [4.78, 5) is 18.5. The van der Waals surface area contributed by atoms with Gasteiger partial charge in [0.05, 0.1) is 6.26 Å². The van der Waals surface area contributed by atoms with Crippen LogP contribution < -0.4 is 4.90 Å². The molecule has 29 heavy (non-hydrogen) atoms. The first-order chi connectivity index (χ1) is 14.1. The number of nitrogens with one attached hydrogen (secondary N) is 1. The maximum absolute atomic E-state index is 13.5. The number of nitrogens with zero attached hydrogens (tertiary/aromatic N) is 4. The number of furan rings is 1. The molecule has 1 N–H and O–H groups in total. The fraction of sp³-hybridized carbons (Fsp3) is 0.200. The third kappa shape index (κ3) is 3.10. The predicted octanol–water partition coefficient (Wildman–Crippen LogP) is 3.69. The summed E-state index contributed by atoms with van der Waals surface area (Å²) < 4.78 is 24.2. The zero-order valence-electron chi connectivity index (χ0n) is 15.4. The maximum atomic E-state index is 13.5. The first kappa shape index (κ1) is 17.4. The minimum atomic E-state index is -0.298. The zero-order chi connectivity index (χ0) is 20.0. The summed E-state index contributed by atoms with van der Waals surface area (Å²) >= 11 is 0. The van der Waals surface area contributed by atoms with E-state index < -0.39 is 0 Å². The van der Waals surface area contributed by atoms with Gasteiger partial charge in [0.2, 0.25) is 5.91 Å². The number of rotatable bonds is 4. The van der Waals surface area contributed by atoms with Crippen LogP contribution in [0.4, 0.5) is 10.1 Å². The van der Waals surface area contributed by atoms with Gasteiger partial charge in [0.1, 0.15) is 17.2 Å². The molecule has 5 rings (SSSR count). The number of benzene rings is 1. The lowest BCUT2D eigenvalue weighted by Crippen LogP contribution is -2.24. The number of hydrogen-bond donors (Lipinski definition) is 1. The van der Waals surface area contributed by atoms with Crippen LogP contribution in [0.5, 0.6) is 0 Å². The van der Waals surface area contributed by atoms with Gasteiger partial charge in [-0.05, 0) is 42.8 Å². The summed E-state index contributed by atoms with van der Waals surface area (Å²) in [6, 6.07) is 9.97. The second-order valence-corrected chi connectivity index (χ2v) is 6.94. The van der Waals surface area contributed by atoms with E-state index in [4.69, 9.17) is 8.94 Å². The van der Waals surface area contributed by atoms with E-state index in [1.165, 1.54) is 6.07 Å². The zero-order valence-corrected chi connectivity index (χ0v) is 15.4.